The third-order valence-electron chi connectivity index (χ3n) is 2.58. The quantitative estimate of drug-likeness (QED) is 0.718. The summed E-state index contributed by atoms with van der Waals surface area (Å²) in [7, 11) is 0. The summed E-state index contributed by atoms with van der Waals surface area (Å²) < 4.78 is 0. The first-order valence-electron chi connectivity index (χ1n) is 5.06. The van der Waals surface area contributed by atoms with Crippen molar-refractivity contribution in [2.45, 2.75) is 24.9 Å². The fourth-order valence-corrected chi connectivity index (χ4v) is 2.57. The Bertz CT molecular complexity index is 281. The van der Waals surface area contributed by atoms with Gasteiger partial charge in [0.15, 0.2) is 0 Å². The summed E-state index contributed by atoms with van der Waals surface area (Å²) in [5, 5.41) is 11.8. The van der Waals surface area contributed by atoms with Crippen LogP contribution in [0.15, 0.2) is 0 Å². The first-order chi connectivity index (χ1) is 7.18. The molecule has 5 nitrogen and oxygen atoms in total. The van der Waals surface area contributed by atoms with E-state index in [-0.39, 0.29) is 12.1 Å². The van der Waals surface area contributed by atoms with E-state index in [1.807, 2.05) is 0 Å². The fraction of sp³-hybridized carbons (Fsp3) is 0.778. The normalized spacial score (nSPS) is 26.1. The van der Waals surface area contributed by atoms with Crippen molar-refractivity contribution in [2.24, 2.45) is 0 Å². The maximum absolute atomic E-state index is 11.7. The standard InChI is InChI=1S/C9H14N2O3S/c12-8(13)7-5-15-4-3-11(7)9(14)10-6-1-2-6/h6-7H,1-5H2,(H,10,14)(H,12,13). The zero-order chi connectivity index (χ0) is 10.8. The minimum Gasteiger partial charge on any atom is -0.480 e. The Morgan fingerprint density at radius 3 is 2.73 bits per heavy atom. The number of hydrogen-bond acceptors (Lipinski definition) is 3. The molecular weight excluding hydrogens is 216 g/mol. The lowest BCUT2D eigenvalue weighted by Gasteiger charge is -2.32. The van der Waals surface area contributed by atoms with Crippen LogP contribution in [0.2, 0.25) is 0 Å². The van der Waals surface area contributed by atoms with E-state index in [4.69, 9.17) is 5.11 Å². The van der Waals surface area contributed by atoms with Crippen LogP contribution < -0.4 is 5.32 Å². The number of nitrogens with one attached hydrogen (secondary N) is 1. The molecule has 0 radical (unpaired) electrons. The second kappa shape index (κ2) is 4.30. The van der Waals surface area contributed by atoms with Gasteiger partial charge < -0.3 is 15.3 Å². The third kappa shape index (κ3) is 2.56. The average molecular weight is 230 g/mol. The molecule has 2 fully saturated rings. The van der Waals surface area contributed by atoms with Crippen LogP contribution in [0.5, 0.6) is 0 Å². The average Bonchev–Trinajstić information content (AvgIpc) is 3.01. The van der Waals surface area contributed by atoms with E-state index in [0.29, 0.717) is 12.3 Å². The Morgan fingerprint density at radius 1 is 1.40 bits per heavy atom. The van der Waals surface area contributed by atoms with Crippen LogP contribution in [0, 0.1) is 0 Å². The highest BCUT2D eigenvalue weighted by Crippen LogP contribution is 2.21. The minimum absolute atomic E-state index is 0.217. The Morgan fingerprint density at radius 2 is 2.13 bits per heavy atom. The molecule has 0 aromatic heterocycles. The summed E-state index contributed by atoms with van der Waals surface area (Å²) >= 11 is 1.58. The lowest BCUT2D eigenvalue weighted by molar-refractivity contribution is -0.141. The first-order valence-corrected chi connectivity index (χ1v) is 6.21. The van der Waals surface area contributed by atoms with Gasteiger partial charge in [0.1, 0.15) is 6.04 Å². The van der Waals surface area contributed by atoms with Crippen LogP contribution >= 0.6 is 11.8 Å². The summed E-state index contributed by atoms with van der Waals surface area (Å²) in [6, 6.07) is -0.603. The maximum atomic E-state index is 11.7. The number of rotatable bonds is 2. The van der Waals surface area contributed by atoms with Gasteiger partial charge in [-0.25, -0.2) is 9.59 Å². The van der Waals surface area contributed by atoms with Gasteiger partial charge in [-0.1, -0.05) is 0 Å². The molecule has 2 aliphatic rings. The van der Waals surface area contributed by atoms with Gasteiger partial charge >= 0.3 is 12.0 Å². The van der Waals surface area contributed by atoms with Crippen LogP contribution in [0.1, 0.15) is 12.8 Å². The van der Waals surface area contributed by atoms with E-state index in [2.05, 4.69) is 5.32 Å². The van der Waals surface area contributed by atoms with E-state index < -0.39 is 12.0 Å². The Balaban J connectivity index is 1.96. The summed E-state index contributed by atoms with van der Waals surface area (Å²) in [6.07, 6.45) is 2.04. The summed E-state index contributed by atoms with van der Waals surface area (Å²) in [5.41, 5.74) is 0. The number of carbonyl (C=O) groups excluding carboxylic acids is 1. The zero-order valence-electron chi connectivity index (χ0n) is 8.31. The molecule has 0 aromatic rings. The number of aliphatic carboxylic acids is 1. The number of amides is 2. The molecule has 1 atom stereocenters. The Labute approximate surface area is 92.2 Å². The molecule has 1 saturated carbocycles. The van der Waals surface area contributed by atoms with Crippen LogP contribution in [0.3, 0.4) is 0 Å². The number of urea groups is 1. The largest absolute Gasteiger partial charge is 0.480 e. The Hall–Kier alpha value is -0.910. The number of carboxylic acids is 1. The summed E-state index contributed by atoms with van der Waals surface area (Å²) in [6.45, 7) is 0.528. The molecule has 84 valence electrons. The van der Waals surface area contributed by atoms with Gasteiger partial charge in [0.2, 0.25) is 0 Å². The fourth-order valence-electron chi connectivity index (χ4n) is 1.54. The lowest BCUT2D eigenvalue weighted by atomic mass is 10.3. The molecule has 1 unspecified atom stereocenters. The SMILES string of the molecule is O=C(O)C1CSCCN1C(=O)NC1CC1. The predicted molar refractivity (Wildman–Crippen MR) is 57.0 cm³/mol. The van der Waals surface area contributed by atoms with Crippen LogP contribution in [0.25, 0.3) is 0 Å². The molecule has 15 heavy (non-hydrogen) atoms. The highest BCUT2D eigenvalue weighted by Gasteiger charge is 2.34. The van der Waals surface area contributed by atoms with E-state index in [1.165, 1.54) is 4.90 Å². The number of thioether (sulfide) groups is 1. The van der Waals surface area contributed by atoms with E-state index in [0.717, 1.165) is 18.6 Å². The van der Waals surface area contributed by atoms with Crippen molar-refractivity contribution >= 4 is 23.8 Å². The zero-order valence-corrected chi connectivity index (χ0v) is 9.13. The van der Waals surface area contributed by atoms with Crippen molar-refractivity contribution < 1.29 is 14.7 Å². The number of nitrogens with zero attached hydrogens (tertiary/aromatic N) is 1. The highest BCUT2D eigenvalue weighted by atomic mass is 32.2. The van der Waals surface area contributed by atoms with E-state index in [9.17, 15) is 9.59 Å². The smallest absolute Gasteiger partial charge is 0.327 e. The van der Waals surface area contributed by atoms with Crippen molar-refractivity contribution in [1.82, 2.24) is 10.2 Å². The molecule has 2 rings (SSSR count). The van der Waals surface area contributed by atoms with Crippen molar-refractivity contribution in [3.63, 3.8) is 0 Å². The molecule has 6 heteroatoms. The molecule has 0 spiro atoms. The van der Waals surface area contributed by atoms with Gasteiger partial charge in [0.25, 0.3) is 0 Å². The van der Waals surface area contributed by atoms with Gasteiger partial charge in [-0.3, -0.25) is 0 Å². The molecule has 0 aromatic carbocycles. The van der Waals surface area contributed by atoms with Crippen LogP contribution in [-0.2, 0) is 4.79 Å². The van der Waals surface area contributed by atoms with Crippen molar-refractivity contribution in [1.29, 1.82) is 0 Å². The van der Waals surface area contributed by atoms with Gasteiger partial charge in [-0.2, -0.15) is 11.8 Å². The van der Waals surface area contributed by atoms with Crippen molar-refractivity contribution in [3.8, 4) is 0 Å². The number of carbonyl (C=O) groups is 2. The molecular formula is C9H14N2O3S. The van der Waals surface area contributed by atoms with Crippen LogP contribution in [-0.4, -0.2) is 52.1 Å². The predicted octanol–water partition coefficient (Wildman–Crippen LogP) is 0.360. The highest BCUT2D eigenvalue weighted by molar-refractivity contribution is 7.99. The van der Waals surface area contributed by atoms with E-state index >= 15 is 0 Å². The second-order valence-electron chi connectivity index (χ2n) is 3.85. The second-order valence-corrected chi connectivity index (χ2v) is 5.00. The minimum atomic E-state index is -0.909. The first kappa shape index (κ1) is 10.6. The van der Waals surface area contributed by atoms with Crippen LogP contribution in [0.4, 0.5) is 4.79 Å². The topological polar surface area (TPSA) is 69.6 Å². The lowest BCUT2D eigenvalue weighted by Crippen LogP contribution is -2.54. The molecule has 0 bridgehead atoms. The van der Waals surface area contributed by atoms with Crippen molar-refractivity contribution in [3.05, 3.63) is 0 Å². The molecule has 2 N–H and O–H groups in total. The summed E-state index contributed by atoms with van der Waals surface area (Å²) in [4.78, 5) is 24.1. The molecule has 1 saturated heterocycles. The number of carboxylic acid groups (broad SMARTS) is 1. The molecule has 2 amide bonds. The Kier molecular flexibility index (Phi) is 3.04. The molecule has 1 heterocycles. The number of hydrogen-bond donors (Lipinski definition) is 2. The van der Waals surface area contributed by atoms with Gasteiger partial charge in [-0.15, -0.1) is 0 Å². The van der Waals surface area contributed by atoms with Gasteiger partial charge in [-0.05, 0) is 12.8 Å². The molecule has 1 aliphatic carbocycles. The van der Waals surface area contributed by atoms with Gasteiger partial charge in [0, 0.05) is 24.1 Å². The van der Waals surface area contributed by atoms with Crippen molar-refractivity contribution in [2.75, 3.05) is 18.1 Å². The molecule has 1 aliphatic heterocycles. The summed E-state index contributed by atoms with van der Waals surface area (Å²) in [5.74, 6) is 0.406. The van der Waals surface area contributed by atoms with Gasteiger partial charge in [0.05, 0.1) is 0 Å². The monoisotopic (exact) mass is 230 g/mol. The van der Waals surface area contributed by atoms with E-state index in [1.54, 1.807) is 11.8 Å². The maximum Gasteiger partial charge on any atom is 0.327 e. The third-order valence-corrected chi connectivity index (χ3v) is 3.60.